The number of benzene rings is 1. The van der Waals surface area contributed by atoms with E-state index in [-0.39, 0.29) is 35.8 Å². The number of hydrogen-bond donors (Lipinski definition) is 3. The largest absolute Gasteiger partial charge is 0.356 e. The summed E-state index contributed by atoms with van der Waals surface area (Å²) < 4.78 is 27.2. The lowest BCUT2D eigenvalue weighted by molar-refractivity contribution is 0.561. The minimum Gasteiger partial charge on any atom is -0.356 e. The van der Waals surface area contributed by atoms with Gasteiger partial charge in [0.05, 0.1) is 5.75 Å². The predicted molar refractivity (Wildman–Crippen MR) is 138 cm³/mol. The maximum atomic E-state index is 12.3. The molecular weight excluding hydrogens is 531 g/mol. The van der Waals surface area contributed by atoms with Crippen LogP contribution in [0.4, 0.5) is 0 Å². The maximum absolute atomic E-state index is 12.3. The van der Waals surface area contributed by atoms with Crippen molar-refractivity contribution in [1.29, 1.82) is 0 Å². The van der Waals surface area contributed by atoms with Gasteiger partial charge in [-0.15, -0.1) is 35.3 Å². The van der Waals surface area contributed by atoms with Gasteiger partial charge in [-0.1, -0.05) is 37.3 Å². The zero-order valence-corrected chi connectivity index (χ0v) is 22.0. The van der Waals surface area contributed by atoms with Gasteiger partial charge >= 0.3 is 0 Å². The minimum absolute atomic E-state index is 0. The van der Waals surface area contributed by atoms with Crippen molar-refractivity contribution in [2.24, 2.45) is 10.9 Å². The Kier molecular flexibility index (Phi) is 11.9. The fourth-order valence-electron chi connectivity index (χ4n) is 2.99. The molecule has 0 fully saturated rings. The first-order valence-corrected chi connectivity index (χ1v) is 12.4. The fraction of sp³-hybridized carbons (Fsp3) is 0.476. The molecule has 2 aromatic rings. The molecule has 1 unspecified atom stereocenters. The standard InChI is InChI=1S/C21H32N4O2S2.HI/c1-16(2)25-29(26,27)15-19-9-6-5-8-18(19)14-24-21(22-4)23-13-17(3)12-20-10-7-11-28-20;/h5-11,16-17,25H,12-15H2,1-4H3,(H2,22,23,24);1H. The summed E-state index contributed by atoms with van der Waals surface area (Å²) in [6, 6.07) is 11.7. The Balaban J connectivity index is 0.00000450. The van der Waals surface area contributed by atoms with Gasteiger partial charge in [0.1, 0.15) is 0 Å². The van der Waals surface area contributed by atoms with Crippen LogP contribution in [-0.4, -0.2) is 34.0 Å². The van der Waals surface area contributed by atoms with E-state index in [1.807, 2.05) is 38.1 Å². The summed E-state index contributed by atoms with van der Waals surface area (Å²) in [5.74, 6) is 1.15. The van der Waals surface area contributed by atoms with Crippen LogP contribution in [0.2, 0.25) is 0 Å². The highest BCUT2D eigenvalue weighted by Gasteiger charge is 2.15. The number of halogens is 1. The molecule has 0 saturated heterocycles. The average Bonchev–Trinajstić information content (AvgIpc) is 3.14. The van der Waals surface area contributed by atoms with Gasteiger partial charge in [-0.3, -0.25) is 4.99 Å². The van der Waals surface area contributed by atoms with Gasteiger partial charge in [-0.05, 0) is 48.8 Å². The molecule has 0 bridgehead atoms. The summed E-state index contributed by atoms with van der Waals surface area (Å²) in [5, 5.41) is 8.75. The normalized spacial score (nSPS) is 13.0. The molecule has 0 aliphatic rings. The quantitative estimate of drug-likeness (QED) is 0.233. The molecule has 0 spiro atoms. The summed E-state index contributed by atoms with van der Waals surface area (Å²) in [5.41, 5.74) is 1.73. The van der Waals surface area contributed by atoms with Crippen molar-refractivity contribution in [3.8, 4) is 0 Å². The molecule has 0 saturated carbocycles. The third-order valence-electron chi connectivity index (χ3n) is 4.30. The highest BCUT2D eigenvalue weighted by Crippen LogP contribution is 2.14. The van der Waals surface area contributed by atoms with E-state index in [1.165, 1.54) is 4.88 Å². The summed E-state index contributed by atoms with van der Waals surface area (Å²) >= 11 is 1.78. The molecule has 0 aliphatic heterocycles. The second-order valence-corrected chi connectivity index (χ2v) is 10.3. The summed E-state index contributed by atoms with van der Waals surface area (Å²) in [6.45, 7) is 7.17. The molecular formula is C21H33IN4O2S2. The highest BCUT2D eigenvalue weighted by molar-refractivity contribution is 14.0. The van der Waals surface area contributed by atoms with Crippen molar-refractivity contribution in [3.63, 3.8) is 0 Å². The van der Waals surface area contributed by atoms with Gasteiger partial charge in [0.25, 0.3) is 0 Å². The second-order valence-electron chi connectivity index (χ2n) is 7.50. The van der Waals surface area contributed by atoms with E-state index < -0.39 is 10.0 Å². The van der Waals surface area contributed by atoms with E-state index in [0.717, 1.165) is 24.1 Å². The first kappa shape index (κ1) is 26.9. The van der Waals surface area contributed by atoms with Gasteiger partial charge in [0, 0.05) is 31.1 Å². The van der Waals surface area contributed by atoms with E-state index >= 15 is 0 Å². The monoisotopic (exact) mass is 564 g/mol. The first-order chi connectivity index (χ1) is 13.8. The molecule has 1 heterocycles. The number of guanidine groups is 1. The van der Waals surface area contributed by atoms with E-state index in [1.54, 1.807) is 18.4 Å². The van der Waals surface area contributed by atoms with Gasteiger partial charge < -0.3 is 10.6 Å². The van der Waals surface area contributed by atoms with Crippen LogP contribution in [0.25, 0.3) is 0 Å². The molecule has 1 aromatic heterocycles. The summed E-state index contributed by atoms with van der Waals surface area (Å²) in [7, 11) is -1.63. The lowest BCUT2D eigenvalue weighted by Crippen LogP contribution is -2.39. The Morgan fingerprint density at radius 2 is 1.77 bits per heavy atom. The van der Waals surface area contributed by atoms with E-state index in [4.69, 9.17) is 0 Å². The molecule has 2 rings (SSSR count). The van der Waals surface area contributed by atoms with Gasteiger partial charge in [0.2, 0.25) is 10.0 Å². The van der Waals surface area contributed by atoms with Crippen LogP contribution in [0.3, 0.4) is 0 Å². The topological polar surface area (TPSA) is 82.6 Å². The molecule has 6 nitrogen and oxygen atoms in total. The molecule has 3 N–H and O–H groups in total. The van der Waals surface area contributed by atoms with Crippen LogP contribution >= 0.6 is 35.3 Å². The molecule has 0 radical (unpaired) electrons. The summed E-state index contributed by atoms with van der Waals surface area (Å²) in [6.07, 6.45) is 1.03. The van der Waals surface area contributed by atoms with Crippen LogP contribution in [0.15, 0.2) is 46.8 Å². The third kappa shape index (κ3) is 9.76. The molecule has 9 heteroatoms. The van der Waals surface area contributed by atoms with Gasteiger partial charge in [0.15, 0.2) is 5.96 Å². The Labute approximate surface area is 202 Å². The zero-order valence-electron chi connectivity index (χ0n) is 18.0. The van der Waals surface area contributed by atoms with Crippen molar-refractivity contribution in [3.05, 3.63) is 57.8 Å². The Morgan fingerprint density at radius 1 is 1.07 bits per heavy atom. The number of rotatable bonds is 10. The minimum atomic E-state index is -3.37. The fourth-order valence-corrected chi connectivity index (χ4v) is 5.35. The second kappa shape index (κ2) is 13.3. The van der Waals surface area contributed by atoms with Crippen molar-refractivity contribution >= 4 is 51.3 Å². The summed E-state index contributed by atoms with van der Waals surface area (Å²) in [4.78, 5) is 5.66. The smallest absolute Gasteiger partial charge is 0.216 e. The third-order valence-corrected chi connectivity index (χ3v) is 6.72. The lowest BCUT2D eigenvalue weighted by atomic mass is 10.1. The van der Waals surface area contributed by atoms with Crippen LogP contribution in [0, 0.1) is 5.92 Å². The molecule has 0 aliphatic carbocycles. The number of hydrogen-bond acceptors (Lipinski definition) is 4. The number of thiophene rings is 1. The van der Waals surface area contributed by atoms with Crippen LogP contribution in [-0.2, 0) is 28.7 Å². The lowest BCUT2D eigenvalue weighted by Gasteiger charge is -2.17. The van der Waals surface area contributed by atoms with Gasteiger partial charge in [-0.2, -0.15) is 0 Å². The average molecular weight is 565 g/mol. The molecule has 168 valence electrons. The van der Waals surface area contributed by atoms with E-state index in [2.05, 4.69) is 44.8 Å². The molecule has 1 atom stereocenters. The van der Waals surface area contributed by atoms with Crippen molar-refractivity contribution in [2.75, 3.05) is 13.6 Å². The first-order valence-electron chi connectivity index (χ1n) is 9.82. The number of sulfonamides is 1. The van der Waals surface area contributed by atoms with E-state index in [9.17, 15) is 8.42 Å². The number of aliphatic imine (C=N–C) groups is 1. The van der Waals surface area contributed by atoms with Crippen molar-refractivity contribution in [2.45, 2.75) is 45.5 Å². The zero-order chi connectivity index (χ0) is 21.3. The van der Waals surface area contributed by atoms with E-state index in [0.29, 0.717) is 18.4 Å². The number of nitrogens with zero attached hydrogens (tertiary/aromatic N) is 1. The highest BCUT2D eigenvalue weighted by atomic mass is 127. The Hall–Kier alpha value is -1.17. The Morgan fingerprint density at radius 3 is 2.37 bits per heavy atom. The number of nitrogens with one attached hydrogen (secondary N) is 3. The predicted octanol–water partition coefficient (Wildman–Crippen LogP) is 3.74. The van der Waals surface area contributed by atoms with Gasteiger partial charge in [-0.25, -0.2) is 13.1 Å². The Bertz CT molecular complexity index is 884. The van der Waals surface area contributed by atoms with Crippen molar-refractivity contribution in [1.82, 2.24) is 15.4 Å². The molecule has 0 amide bonds. The SMILES string of the molecule is CN=C(NCc1ccccc1CS(=O)(=O)NC(C)C)NCC(C)Cc1cccs1.I. The molecule has 1 aromatic carbocycles. The van der Waals surface area contributed by atoms with Crippen molar-refractivity contribution < 1.29 is 8.42 Å². The maximum Gasteiger partial charge on any atom is 0.216 e. The molecule has 30 heavy (non-hydrogen) atoms. The van der Waals surface area contributed by atoms with Crippen LogP contribution < -0.4 is 15.4 Å². The van der Waals surface area contributed by atoms with Crippen LogP contribution in [0.5, 0.6) is 0 Å². The van der Waals surface area contributed by atoms with Crippen LogP contribution in [0.1, 0.15) is 36.8 Å².